The monoisotopic (exact) mass is 321 g/mol. The van der Waals surface area contributed by atoms with Gasteiger partial charge in [-0.3, -0.25) is 9.59 Å². The van der Waals surface area contributed by atoms with E-state index in [0.29, 0.717) is 28.3 Å². The first-order valence-corrected chi connectivity index (χ1v) is 7.18. The predicted molar refractivity (Wildman–Crippen MR) is 91.5 cm³/mol. The minimum Gasteiger partial charge on any atom is -0.464 e. The normalized spacial score (nSPS) is 10.3. The molecular formula is C18H15N3O3. The summed E-state index contributed by atoms with van der Waals surface area (Å²) in [5.41, 5.74) is 13.6. The van der Waals surface area contributed by atoms with E-state index in [1.165, 1.54) is 6.26 Å². The van der Waals surface area contributed by atoms with Crippen molar-refractivity contribution in [3.05, 3.63) is 72.0 Å². The summed E-state index contributed by atoms with van der Waals surface area (Å²) >= 11 is 0. The Bertz CT molecular complexity index is 898. The summed E-state index contributed by atoms with van der Waals surface area (Å²) in [4.78, 5) is 23.2. The summed E-state index contributed by atoms with van der Waals surface area (Å²) in [5.74, 6) is -0.266. The molecule has 0 saturated heterocycles. The van der Waals surface area contributed by atoms with Crippen molar-refractivity contribution in [2.75, 3.05) is 11.1 Å². The van der Waals surface area contributed by atoms with E-state index in [0.717, 1.165) is 5.56 Å². The molecule has 0 atom stereocenters. The Morgan fingerprint density at radius 3 is 2.33 bits per heavy atom. The van der Waals surface area contributed by atoms with Crippen LogP contribution in [0.25, 0.3) is 11.3 Å². The third-order valence-electron chi connectivity index (χ3n) is 3.46. The molecule has 0 radical (unpaired) electrons. The quantitative estimate of drug-likeness (QED) is 0.641. The van der Waals surface area contributed by atoms with Gasteiger partial charge >= 0.3 is 0 Å². The molecule has 0 aliphatic rings. The molecule has 6 heteroatoms. The molecule has 3 aromatic rings. The number of anilines is 2. The van der Waals surface area contributed by atoms with Gasteiger partial charge in [0.1, 0.15) is 12.0 Å². The van der Waals surface area contributed by atoms with Gasteiger partial charge < -0.3 is 21.2 Å². The van der Waals surface area contributed by atoms with E-state index in [-0.39, 0.29) is 5.91 Å². The van der Waals surface area contributed by atoms with Crippen LogP contribution < -0.4 is 16.8 Å². The van der Waals surface area contributed by atoms with Crippen molar-refractivity contribution in [1.82, 2.24) is 0 Å². The van der Waals surface area contributed by atoms with Gasteiger partial charge in [-0.1, -0.05) is 6.07 Å². The number of nitrogen functional groups attached to an aromatic ring is 1. The Kier molecular flexibility index (Phi) is 4.03. The number of rotatable bonds is 4. The van der Waals surface area contributed by atoms with Gasteiger partial charge in [-0.05, 0) is 48.5 Å². The van der Waals surface area contributed by atoms with Gasteiger partial charge in [0.2, 0.25) is 0 Å². The average Bonchev–Trinajstić information content (AvgIpc) is 3.06. The summed E-state index contributed by atoms with van der Waals surface area (Å²) in [6.07, 6.45) is 1.31. The predicted octanol–water partition coefficient (Wildman–Crippen LogP) is 2.88. The molecule has 24 heavy (non-hydrogen) atoms. The molecule has 0 saturated carbocycles. The van der Waals surface area contributed by atoms with E-state index in [9.17, 15) is 9.59 Å². The van der Waals surface area contributed by atoms with Crippen LogP contribution in [0.4, 0.5) is 11.4 Å². The maximum atomic E-state index is 12.2. The second kappa shape index (κ2) is 6.29. The van der Waals surface area contributed by atoms with Crippen LogP contribution in [0.3, 0.4) is 0 Å². The van der Waals surface area contributed by atoms with E-state index >= 15 is 0 Å². The molecule has 5 N–H and O–H groups in total. The number of hydrogen-bond donors (Lipinski definition) is 3. The fourth-order valence-electron chi connectivity index (χ4n) is 2.22. The molecule has 0 fully saturated rings. The highest BCUT2D eigenvalue weighted by atomic mass is 16.3. The fourth-order valence-corrected chi connectivity index (χ4v) is 2.22. The zero-order valence-electron chi connectivity index (χ0n) is 12.7. The van der Waals surface area contributed by atoms with Crippen LogP contribution in [0.1, 0.15) is 20.7 Å². The summed E-state index contributed by atoms with van der Waals surface area (Å²) in [6, 6.07) is 15.3. The maximum Gasteiger partial charge on any atom is 0.255 e. The number of furan rings is 1. The number of carbonyl (C=O) groups is 2. The van der Waals surface area contributed by atoms with Crippen molar-refractivity contribution in [2.24, 2.45) is 5.73 Å². The molecule has 0 bridgehead atoms. The van der Waals surface area contributed by atoms with Crippen molar-refractivity contribution in [3.8, 4) is 11.3 Å². The minimum absolute atomic E-state index is 0.246. The number of primary amides is 1. The number of benzene rings is 2. The number of carbonyl (C=O) groups excluding carboxylic acids is 2. The fraction of sp³-hybridized carbons (Fsp3) is 0. The van der Waals surface area contributed by atoms with Gasteiger partial charge in [0.05, 0.1) is 5.56 Å². The van der Waals surface area contributed by atoms with Crippen molar-refractivity contribution < 1.29 is 14.0 Å². The average molecular weight is 321 g/mol. The van der Waals surface area contributed by atoms with E-state index < -0.39 is 5.91 Å². The third-order valence-corrected chi connectivity index (χ3v) is 3.46. The molecule has 2 amide bonds. The van der Waals surface area contributed by atoms with Gasteiger partial charge in [0.15, 0.2) is 0 Å². The molecule has 2 aromatic carbocycles. The largest absolute Gasteiger partial charge is 0.464 e. The number of nitrogens with two attached hydrogens (primary N) is 2. The summed E-state index contributed by atoms with van der Waals surface area (Å²) in [7, 11) is 0. The first-order chi connectivity index (χ1) is 11.5. The number of nitrogens with one attached hydrogen (secondary N) is 1. The van der Waals surface area contributed by atoms with Crippen molar-refractivity contribution in [3.63, 3.8) is 0 Å². The maximum absolute atomic E-state index is 12.2. The van der Waals surface area contributed by atoms with Crippen molar-refractivity contribution in [2.45, 2.75) is 0 Å². The van der Waals surface area contributed by atoms with Crippen LogP contribution in [0.2, 0.25) is 0 Å². The smallest absolute Gasteiger partial charge is 0.255 e. The molecule has 0 aliphatic heterocycles. The van der Waals surface area contributed by atoms with E-state index in [4.69, 9.17) is 15.9 Å². The van der Waals surface area contributed by atoms with Crippen LogP contribution in [-0.4, -0.2) is 11.8 Å². The highest BCUT2D eigenvalue weighted by Crippen LogP contribution is 2.24. The molecule has 1 heterocycles. The lowest BCUT2D eigenvalue weighted by atomic mass is 10.1. The highest BCUT2D eigenvalue weighted by Gasteiger charge is 2.10. The summed E-state index contributed by atoms with van der Waals surface area (Å²) in [5, 5.41) is 2.79. The van der Waals surface area contributed by atoms with Crippen molar-refractivity contribution in [1.29, 1.82) is 0 Å². The third kappa shape index (κ3) is 3.27. The topological polar surface area (TPSA) is 111 Å². The lowest BCUT2D eigenvalue weighted by Crippen LogP contribution is -2.11. The standard InChI is InChI=1S/C18H15N3O3/c19-14-3-1-2-12(8-14)18(23)21-15-6-4-11(5-7-15)16-9-13(10-24-16)17(20)22/h1-10H,19H2,(H2,20,22)(H,21,23). The van der Waals surface area contributed by atoms with Gasteiger partial charge in [-0.2, -0.15) is 0 Å². The second-order valence-corrected chi connectivity index (χ2v) is 5.22. The minimum atomic E-state index is -0.545. The van der Waals surface area contributed by atoms with E-state index in [2.05, 4.69) is 5.32 Å². The van der Waals surface area contributed by atoms with Crippen LogP contribution in [-0.2, 0) is 0 Å². The van der Waals surface area contributed by atoms with E-state index in [1.54, 1.807) is 54.6 Å². The molecule has 120 valence electrons. The van der Waals surface area contributed by atoms with Crippen LogP contribution in [0.5, 0.6) is 0 Å². The zero-order valence-corrected chi connectivity index (χ0v) is 12.7. The Hall–Kier alpha value is -3.54. The Labute approximate surface area is 138 Å². The Morgan fingerprint density at radius 1 is 0.958 bits per heavy atom. The summed E-state index contributed by atoms with van der Waals surface area (Å²) in [6.45, 7) is 0. The molecule has 0 aliphatic carbocycles. The zero-order chi connectivity index (χ0) is 17.1. The molecule has 0 unspecified atom stereocenters. The second-order valence-electron chi connectivity index (χ2n) is 5.22. The summed E-state index contributed by atoms with van der Waals surface area (Å²) < 4.78 is 5.31. The number of hydrogen-bond acceptors (Lipinski definition) is 4. The van der Waals surface area contributed by atoms with Gasteiger partial charge in [0.25, 0.3) is 11.8 Å². The van der Waals surface area contributed by atoms with Gasteiger partial charge in [-0.25, -0.2) is 0 Å². The van der Waals surface area contributed by atoms with E-state index in [1.807, 2.05) is 0 Å². The van der Waals surface area contributed by atoms with Crippen LogP contribution >= 0.6 is 0 Å². The Balaban J connectivity index is 1.74. The molecular weight excluding hydrogens is 306 g/mol. The molecule has 1 aromatic heterocycles. The molecule has 0 spiro atoms. The van der Waals surface area contributed by atoms with Crippen molar-refractivity contribution >= 4 is 23.2 Å². The SMILES string of the molecule is NC(=O)c1coc(-c2ccc(NC(=O)c3cccc(N)c3)cc2)c1. The Morgan fingerprint density at radius 2 is 1.71 bits per heavy atom. The number of amides is 2. The van der Waals surface area contributed by atoms with Crippen LogP contribution in [0, 0.1) is 0 Å². The van der Waals surface area contributed by atoms with Gasteiger partial charge in [-0.15, -0.1) is 0 Å². The van der Waals surface area contributed by atoms with Gasteiger partial charge in [0, 0.05) is 22.5 Å². The lowest BCUT2D eigenvalue weighted by Gasteiger charge is -2.06. The van der Waals surface area contributed by atoms with Crippen LogP contribution in [0.15, 0.2) is 65.3 Å². The lowest BCUT2D eigenvalue weighted by molar-refractivity contribution is 0.0997. The molecule has 3 rings (SSSR count). The first-order valence-electron chi connectivity index (χ1n) is 7.18. The molecule has 6 nitrogen and oxygen atoms in total. The highest BCUT2D eigenvalue weighted by molar-refractivity contribution is 6.04. The first kappa shape index (κ1) is 15.4.